The number of para-hydroxylation sites is 2. The highest BCUT2D eigenvalue weighted by Gasteiger charge is 2.39. The Morgan fingerprint density at radius 1 is 0.964 bits per heavy atom. The minimum absolute atomic E-state index is 0.0400. The lowest BCUT2D eigenvalue weighted by atomic mass is 10.1. The summed E-state index contributed by atoms with van der Waals surface area (Å²) in [5.41, 5.74) is 4.05. The van der Waals surface area contributed by atoms with Crippen LogP contribution in [-0.4, -0.2) is 57.6 Å². The van der Waals surface area contributed by atoms with Crippen molar-refractivity contribution >= 4 is 21.8 Å². The molecule has 0 amide bonds. The van der Waals surface area contributed by atoms with E-state index in [0.29, 0.717) is 5.39 Å². The maximum absolute atomic E-state index is 13.5. The van der Waals surface area contributed by atoms with Gasteiger partial charge in [0.1, 0.15) is 6.17 Å². The second-order valence-electron chi connectivity index (χ2n) is 7.80. The van der Waals surface area contributed by atoms with Gasteiger partial charge in [0.2, 0.25) is 0 Å². The average molecular weight is 371 g/mol. The van der Waals surface area contributed by atoms with Gasteiger partial charge in [-0.2, -0.15) is 0 Å². The van der Waals surface area contributed by atoms with Crippen molar-refractivity contribution < 1.29 is 0 Å². The summed E-state index contributed by atoms with van der Waals surface area (Å²) < 4.78 is 1.90. The molecule has 2 aliphatic rings. The molecule has 1 N–H and O–H groups in total. The van der Waals surface area contributed by atoms with E-state index in [1.165, 1.54) is 10.9 Å². The van der Waals surface area contributed by atoms with E-state index in [2.05, 4.69) is 40.0 Å². The zero-order valence-electron chi connectivity index (χ0n) is 15.7. The van der Waals surface area contributed by atoms with E-state index in [1.54, 1.807) is 0 Å². The van der Waals surface area contributed by atoms with E-state index in [4.69, 9.17) is 4.98 Å². The van der Waals surface area contributed by atoms with Crippen LogP contribution in [0.4, 0.5) is 0 Å². The second kappa shape index (κ2) is 5.77. The first-order chi connectivity index (χ1) is 13.7. The average Bonchev–Trinajstić information content (AvgIpc) is 3.24. The van der Waals surface area contributed by atoms with Crippen LogP contribution in [0.1, 0.15) is 11.7 Å². The van der Waals surface area contributed by atoms with Crippen LogP contribution in [0, 0.1) is 0 Å². The standard InChI is InChI=1S/C22H21N5O/c1-25-10-12-26(13-11-25)21-18-14-6-2-4-8-16(14)23-19(18)20-24-17-9-5-3-7-15(17)22(28)27(20)21/h2-9,21,23H,10-13H2,1H3. The second-order valence-corrected chi connectivity index (χ2v) is 7.80. The van der Waals surface area contributed by atoms with Crippen molar-refractivity contribution in [2.24, 2.45) is 0 Å². The number of likely N-dealkylation sites (N-methyl/N-ethyl adjacent to an activating group) is 1. The molecule has 6 nitrogen and oxygen atoms in total. The number of nitrogens with zero attached hydrogens (tertiary/aromatic N) is 4. The molecule has 4 heterocycles. The maximum Gasteiger partial charge on any atom is 0.263 e. The van der Waals surface area contributed by atoms with Crippen LogP contribution in [0.5, 0.6) is 0 Å². The van der Waals surface area contributed by atoms with Gasteiger partial charge in [-0.25, -0.2) is 4.98 Å². The molecule has 2 aromatic heterocycles. The third kappa shape index (κ3) is 2.10. The molecule has 6 rings (SSSR count). The fourth-order valence-corrected chi connectivity index (χ4v) is 4.70. The van der Waals surface area contributed by atoms with E-state index >= 15 is 0 Å². The number of fused-ring (bicyclic) bond motifs is 6. The predicted octanol–water partition coefficient (Wildman–Crippen LogP) is 2.65. The van der Waals surface area contributed by atoms with Crippen molar-refractivity contribution in [1.29, 1.82) is 0 Å². The summed E-state index contributed by atoms with van der Waals surface area (Å²) in [6.07, 6.45) is -0.112. The molecule has 0 saturated carbocycles. The summed E-state index contributed by atoms with van der Waals surface area (Å²) in [6, 6.07) is 16.0. The Hall–Kier alpha value is -2.96. The molecular weight excluding hydrogens is 350 g/mol. The summed E-state index contributed by atoms with van der Waals surface area (Å²) >= 11 is 0. The van der Waals surface area contributed by atoms with Crippen LogP contribution in [0.3, 0.4) is 0 Å². The predicted molar refractivity (Wildman–Crippen MR) is 111 cm³/mol. The first-order valence-corrected chi connectivity index (χ1v) is 9.77. The van der Waals surface area contributed by atoms with Gasteiger partial charge in [0.25, 0.3) is 5.56 Å². The number of piperazine rings is 1. The van der Waals surface area contributed by atoms with E-state index in [-0.39, 0.29) is 11.7 Å². The zero-order valence-corrected chi connectivity index (χ0v) is 15.7. The topological polar surface area (TPSA) is 57.2 Å². The highest BCUT2D eigenvalue weighted by atomic mass is 16.1. The van der Waals surface area contributed by atoms with Gasteiger partial charge in [-0.1, -0.05) is 30.3 Å². The molecule has 0 aliphatic carbocycles. The zero-order chi connectivity index (χ0) is 18.8. The Kier molecular flexibility index (Phi) is 3.30. The van der Waals surface area contributed by atoms with Crippen LogP contribution < -0.4 is 5.56 Å². The van der Waals surface area contributed by atoms with Gasteiger partial charge in [-0.3, -0.25) is 14.3 Å². The first-order valence-electron chi connectivity index (χ1n) is 9.77. The van der Waals surface area contributed by atoms with Crippen molar-refractivity contribution in [2.45, 2.75) is 6.17 Å². The SMILES string of the molecule is CN1CCN(C2c3c([nH]c4ccccc34)-c3nc4ccccc4c(=O)n32)CC1. The van der Waals surface area contributed by atoms with Gasteiger partial charge in [-0.05, 0) is 25.2 Å². The van der Waals surface area contributed by atoms with Crippen LogP contribution >= 0.6 is 0 Å². The number of nitrogens with one attached hydrogen (secondary N) is 1. The monoisotopic (exact) mass is 371 g/mol. The summed E-state index contributed by atoms with van der Waals surface area (Å²) in [6.45, 7) is 3.86. The van der Waals surface area contributed by atoms with Gasteiger partial charge in [-0.15, -0.1) is 0 Å². The van der Waals surface area contributed by atoms with Crippen LogP contribution in [0.15, 0.2) is 53.3 Å². The fraction of sp³-hybridized carbons (Fsp3) is 0.273. The Balaban J connectivity index is 1.67. The Morgan fingerprint density at radius 3 is 2.50 bits per heavy atom. The number of aromatic nitrogens is 3. The van der Waals surface area contributed by atoms with Gasteiger partial charge < -0.3 is 9.88 Å². The molecule has 0 radical (unpaired) electrons. The summed E-state index contributed by atoms with van der Waals surface area (Å²) in [5.74, 6) is 0.749. The molecule has 0 spiro atoms. The first kappa shape index (κ1) is 16.0. The number of rotatable bonds is 1. The van der Waals surface area contributed by atoms with E-state index in [0.717, 1.165) is 48.7 Å². The molecule has 2 aliphatic heterocycles. The molecule has 0 bridgehead atoms. The van der Waals surface area contributed by atoms with Gasteiger partial charge in [0.15, 0.2) is 5.82 Å². The van der Waals surface area contributed by atoms with Gasteiger partial charge in [0, 0.05) is 42.6 Å². The number of aromatic amines is 1. The normalized spacial score (nSPS) is 20.0. The van der Waals surface area contributed by atoms with Crippen molar-refractivity contribution in [1.82, 2.24) is 24.3 Å². The van der Waals surface area contributed by atoms with E-state index in [9.17, 15) is 4.79 Å². The molecule has 6 heteroatoms. The molecule has 1 atom stereocenters. The summed E-state index contributed by atoms with van der Waals surface area (Å²) in [4.78, 5) is 26.7. The molecule has 28 heavy (non-hydrogen) atoms. The van der Waals surface area contributed by atoms with Crippen molar-refractivity contribution in [3.05, 3.63) is 64.4 Å². The molecule has 1 unspecified atom stereocenters. The van der Waals surface area contributed by atoms with Crippen molar-refractivity contribution in [3.8, 4) is 11.5 Å². The molecule has 4 aromatic rings. The Bertz CT molecular complexity index is 1280. The number of benzene rings is 2. The van der Waals surface area contributed by atoms with Crippen molar-refractivity contribution in [3.63, 3.8) is 0 Å². The van der Waals surface area contributed by atoms with E-state index < -0.39 is 0 Å². The smallest absolute Gasteiger partial charge is 0.263 e. The minimum Gasteiger partial charge on any atom is -0.352 e. The number of hydrogen-bond donors (Lipinski definition) is 1. The quantitative estimate of drug-likeness (QED) is 0.559. The summed E-state index contributed by atoms with van der Waals surface area (Å²) in [5, 5.41) is 1.86. The maximum atomic E-state index is 13.5. The van der Waals surface area contributed by atoms with Crippen molar-refractivity contribution in [2.75, 3.05) is 33.2 Å². The lowest BCUT2D eigenvalue weighted by Gasteiger charge is -2.37. The third-order valence-electron chi connectivity index (χ3n) is 6.16. The molecule has 1 saturated heterocycles. The number of hydrogen-bond acceptors (Lipinski definition) is 4. The molecule has 140 valence electrons. The summed E-state index contributed by atoms with van der Waals surface area (Å²) in [7, 11) is 2.15. The van der Waals surface area contributed by atoms with Crippen LogP contribution in [0.25, 0.3) is 33.3 Å². The molecular formula is C22H21N5O. The van der Waals surface area contributed by atoms with Gasteiger partial charge in [0.05, 0.1) is 16.6 Å². The minimum atomic E-state index is -0.112. The largest absolute Gasteiger partial charge is 0.352 e. The Morgan fingerprint density at radius 2 is 1.68 bits per heavy atom. The third-order valence-corrected chi connectivity index (χ3v) is 6.16. The fourth-order valence-electron chi connectivity index (χ4n) is 4.70. The molecule has 1 fully saturated rings. The lowest BCUT2D eigenvalue weighted by Crippen LogP contribution is -2.48. The van der Waals surface area contributed by atoms with E-state index in [1.807, 2.05) is 34.9 Å². The number of H-pyrrole nitrogens is 1. The Labute approximate surface area is 162 Å². The lowest BCUT2D eigenvalue weighted by molar-refractivity contribution is 0.0997. The van der Waals surface area contributed by atoms with Crippen LogP contribution in [-0.2, 0) is 0 Å². The highest BCUT2D eigenvalue weighted by molar-refractivity contribution is 5.93. The highest BCUT2D eigenvalue weighted by Crippen LogP contribution is 2.43. The van der Waals surface area contributed by atoms with Crippen LogP contribution in [0.2, 0.25) is 0 Å². The molecule has 2 aromatic carbocycles. The van der Waals surface area contributed by atoms with Gasteiger partial charge >= 0.3 is 0 Å².